The number of hydrogen-bond acceptors (Lipinski definition) is 4. The van der Waals surface area contributed by atoms with E-state index >= 15 is 0 Å². The van der Waals surface area contributed by atoms with E-state index in [1.807, 2.05) is 19.2 Å². The molecule has 5 heteroatoms. The van der Waals surface area contributed by atoms with Gasteiger partial charge in [-0.25, -0.2) is 4.90 Å². The SMILES string of the molecule is CNCCc1ccc2c(c1)N(C(C)=O)C(=O)CS2. The number of thioether (sulfide) groups is 1. The van der Waals surface area contributed by atoms with Gasteiger partial charge in [0.15, 0.2) is 0 Å². The number of rotatable bonds is 3. The first-order valence-electron chi connectivity index (χ1n) is 5.87. The van der Waals surface area contributed by atoms with Crippen molar-refractivity contribution in [1.29, 1.82) is 0 Å². The Morgan fingerprint density at radius 1 is 1.50 bits per heavy atom. The number of imide groups is 1. The van der Waals surface area contributed by atoms with Crippen molar-refractivity contribution < 1.29 is 9.59 Å². The number of nitrogens with one attached hydrogen (secondary N) is 1. The molecule has 18 heavy (non-hydrogen) atoms. The standard InChI is InChI=1S/C13H16N2O2S/c1-9(16)15-11-7-10(5-6-14-2)3-4-12(11)18-8-13(15)17/h3-4,7,14H,5-6,8H2,1-2H3. The van der Waals surface area contributed by atoms with Crippen molar-refractivity contribution >= 4 is 29.3 Å². The smallest absolute Gasteiger partial charge is 0.244 e. The minimum absolute atomic E-state index is 0.134. The van der Waals surface area contributed by atoms with E-state index in [0.717, 1.165) is 29.1 Å². The maximum Gasteiger partial charge on any atom is 0.244 e. The van der Waals surface area contributed by atoms with Gasteiger partial charge in [-0.1, -0.05) is 6.07 Å². The van der Waals surface area contributed by atoms with E-state index in [-0.39, 0.29) is 11.8 Å². The molecule has 0 radical (unpaired) electrons. The molecule has 0 saturated carbocycles. The number of nitrogens with zero attached hydrogens (tertiary/aromatic N) is 1. The lowest BCUT2D eigenvalue weighted by Gasteiger charge is -2.26. The van der Waals surface area contributed by atoms with E-state index in [1.165, 1.54) is 23.6 Å². The van der Waals surface area contributed by atoms with Crippen LogP contribution in [0.15, 0.2) is 23.1 Å². The molecule has 1 aromatic rings. The van der Waals surface area contributed by atoms with Crippen molar-refractivity contribution in [2.45, 2.75) is 18.2 Å². The minimum Gasteiger partial charge on any atom is -0.319 e. The monoisotopic (exact) mass is 264 g/mol. The van der Waals surface area contributed by atoms with Gasteiger partial charge in [-0.15, -0.1) is 11.8 Å². The molecule has 1 aromatic carbocycles. The van der Waals surface area contributed by atoms with Crippen LogP contribution in [0.1, 0.15) is 12.5 Å². The van der Waals surface area contributed by atoms with Crippen LogP contribution in [0, 0.1) is 0 Å². The molecule has 96 valence electrons. The topological polar surface area (TPSA) is 49.4 Å². The van der Waals surface area contributed by atoms with E-state index in [4.69, 9.17) is 0 Å². The van der Waals surface area contributed by atoms with Gasteiger partial charge in [-0.2, -0.15) is 0 Å². The summed E-state index contributed by atoms with van der Waals surface area (Å²) in [5.41, 5.74) is 1.86. The van der Waals surface area contributed by atoms with Gasteiger partial charge in [0.1, 0.15) is 0 Å². The number of benzene rings is 1. The fourth-order valence-corrected chi connectivity index (χ4v) is 2.84. The molecule has 1 N–H and O–H groups in total. The number of anilines is 1. The summed E-state index contributed by atoms with van der Waals surface area (Å²) in [6.45, 7) is 2.30. The van der Waals surface area contributed by atoms with Crippen LogP contribution in [0.5, 0.6) is 0 Å². The predicted molar refractivity (Wildman–Crippen MR) is 73.0 cm³/mol. The summed E-state index contributed by atoms with van der Waals surface area (Å²) in [6.07, 6.45) is 0.883. The second kappa shape index (κ2) is 5.54. The number of carbonyl (C=O) groups excluding carboxylic acids is 2. The highest BCUT2D eigenvalue weighted by Gasteiger charge is 2.27. The Bertz CT molecular complexity index is 488. The van der Waals surface area contributed by atoms with Crippen LogP contribution in [0.2, 0.25) is 0 Å². The highest BCUT2D eigenvalue weighted by atomic mass is 32.2. The van der Waals surface area contributed by atoms with E-state index in [2.05, 4.69) is 11.4 Å². The normalized spacial score (nSPS) is 14.6. The first kappa shape index (κ1) is 13.1. The lowest BCUT2D eigenvalue weighted by Crippen LogP contribution is -2.39. The van der Waals surface area contributed by atoms with Crippen LogP contribution < -0.4 is 10.2 Å². The van der Waals surface area contributed by atoms with Gasteiger partial charge in [0.25, 0.3) is 0 Å². The van der Waals surface area contributed by atoms with E-state index in [0.29, 0.717) is 5.75 Å². The summed E-state index contributed by atoms with van der Waals surface area (Å²) in [7, 11) is 1.90. The van der Waals surface area contributed by atoms with Crippen LogP contribution in [0.3, 0.4) is 0 Å². The molecule has 0 aliphatic carbocycles. The third-order valence-electron chi connectivity index (χ3n) is 2.84. The number of likely N-dealkylation sites (N-methyl/N-ethyl adjacent to an activating group) is 1. The van der Waals surface area contributed by atoms with Crippen molar-refractivity contribution in [2.75, 3.05) is 24.2 Å². The van der Waals surface area contributed by atoms with Gasteiger partial charge in [0, 0.05) is 11.8 Å². The summed E-state index contributed by atoms with van der Waals surface area (Å²) in [5, 5.41) is 3.09. The van der Waals surface area contributed by atoms with Crippen molar-refractivity contribution in [3.05, 3.63) is 23.8 Å². The summed E-state index contributed by atoms with van der Waals surface area (Å²) in [4.78, 5) is 25.7. The third-order valence-corrected chi connectivity index (χ3v) is 3.89. The van der Waals surface area contributed by atoms with E-state index in [1.54, 1.807) is 0 Å². The van der Waals surface area contributed by atoms with Crippen LogP contribution in [0.4, 0.5) is 5.69 Å². The molecule has 0 atom stereocenters. The zero-order valence-corrected chi connectivity index (χ0v) is 11.3. The number of amides is 2. The molecule has 1 aliphatic rings. The first-order valence-corrected chi connectivity index (χ1v) is 6.86. The number of carbonyl (C=O) groups is 2. The van der Waals surface area contributed by atoms with Gasteiger partial charge in [-0.05, 0) is 37.7 Å². The minimum atomic E-state index is -0.215. The summed E-state index contributed by atoms with van der Waals surface area (Å²) in [5.74, 6) is -0.0132. The molecule has 0 saturated heterocycles. The lowest BCUT2D eigenvalue weighted by atomic mass is 10.1. The van der Waals surface area contributed by atoms with E-state index < -0.39 is 0 Å². The number of hydrogen-bond donors (Lipinski definition) is 1. The van der Waals surface area contributed by atoms with Gasteiger partial charge in [0.2, 0.25) is 11.8 Å². The second-order valence-electron chi connectivity index (χ2n) is 4.19. The Morgan fingerprint density at radius 3 is 2.94 bits per heavy atom. The number of fused-ring (bicyclic) bond motifs is 1. The largest absolute Gasteiger partial charge is 0.319 e. The van der Waals surface area contributed by atoms with Gasteiger partial charge in [0.05, 0.1) is 11.4 Å². The maximum atomic E-state index is 11.8. The summed E-state index contributed by atoms with van der Waals surface area (Å²) >= 11 is 1.49. The molecular formula is C13H16N2O2S. The molecule has 0 bridgehead atoms. The van der Waals surface area contributed by atoms with Crippen molar-refractivity contribution in [3.63, 3.8) is 0 Å². The fraction of sp³-hybridized carbons (Fsp3) is 0.385. The summed E-state index contributed by atoms with van der Waals surface area (Å²) < 4.78 is 0. The van der Waals surface area contributed by atoms with Crippen molar-refractivity contribution in [3.8, 4) is 0 Å². The van der Waals surface area contributed by atoms with Gasteiger partial charge in [-0.3, -0.25) is 9.59 Å². The lowest BCUT2D eigenvalue weighted by molar-refractivity contribution is -0.124. The summed E-state index contributed by atoms with van der Waals surface area (Å²) in [6, 6.07) is 5.99. The molecule has 1 heterocycles. The molecule has 0 fully saturated rings. The quantitative estimate of drug-likeness (QED) is 0.897. The molecule has 2 amide bonds. The van der Waals surface area contributed by atoms with Crippen LogP contribution in [-0.2, 0) is 16.0 Å². The maximum absolute atomic E-state index is 11.8. The average molecular weight is 264 g/mol. The molecule has 0 unspecified atom stereocenters. The molecular weight excluding hydrogens is 248 g/mol. The Morgan fingerprint density at radius 2 is 2.28 bits per heavy atom. The molecule has 2 rings (SSSR count). The van der Waals surface area contributed by atoms with Crippen molar-refractivity contribution in [1.82, 2.24) is 5.32 Å². The van der Waals surface area contributed by atoms with Crippen LogP contribution in [-0.4, -0.2) is 31.2 Å². The van der Waals surface area contributed by atoms with Crippen LogP contribution in [0.25, 0.3) is 0 Å². The fourth-order valence-electron chi connectivity index (χ4n) is 1.97. The Kier molecular flexibility index (Phi) is 4.04. The van der Waals surface area contributed by atoms with Crippen LogP contribution >= 0.6 is 11.8 Å². The van der Waals surface area contributed by atoms with Gasteiger partial charge >= 0.3 is 0 Å². The van der Waals surface area contributed by atoms with Crippen molar-refractivity contribution in [2.24, 2.45) is 0 Å². The highest BCUT2D eigenvalue weighted by molar-refractivity contribution is 8.00. The van der Waals surface area contributed by atoms with E-state index in [9.17, 15) is 9.59 Å². The zero-order chi connectivity index (χ0) is 13.1. The first-order chi connectivity index (χ1) is 8.63. The Balaban J connectivity index is 2.35. The molecule has 0 spiro atoms. The average Bonchev–Trinajstić information content (AvgIpc) is 2.35. The Labute approximate surface area is 111 Å². The predicted octanol–water partition coefficient (Wildman–Crippen LogP) is 1.43. The molecule has 0 aromatic heterocycles. The molecule has 4 nitrogen and oxygen atoms in total. The Hall–Kier alpha value is -1.33. The highest BCUT2D eigenvalue weighted by Crippen LogP contribution is 2.36. The molecule has 1 aliphatic heterocycles. The zero-order valence-electron chi connectivity index (χ0n) is 10.5. The second-order valence-corrected chi connectivity index (χ2v) is 5.21. The van der Waals surface area contributed by atoms with Gasteiger partial charge < -0.3 is 5.32 Å². The third kappa shape index (κ3) is 2.57.